The Kier molecular flexibility index (Phi) is 5.89. The van der Waals surface area contributed by atoms with Gasteiger partial charge in [0.2, 0.25) is 10.0 Å². The molecule has 2 fully saturated rings. The van der Waals surface area contributed by atoms with Crippen LogP contribution in [0.4, 0.5) is 4.39 Å². The fourth-order valence-electron chi connectivity index (χ4n) is 3.77. The number of benzene rings is 1. The fraction of sp³-hybridized carbons (Fsp3) is 0.667. The minimum absolute atomic E-state index is 0.190. The van der Waals surface area contributed by atoms with Crippen LogP contribution in [-0.4, -0.2) is 50.3 Å². The van der Waals surface area contributed by atoms with Crippen molar-refractivity contribution in [1.82, 2.24) is 9.21 Å². The van der Waals surface area contributed by atoms with Crippen molar-refractivity contribution in [2.24, 2.45) is 5.92 Å². The molecular weight excluding hydrogens is 327 g/mol. The number of rotatable bonds is 4. The largest absolute Gasteiger partial charge is 0.303 e. The lowest BCUT2D eigenvalue weighted by atomic mass is 9.97. The van der Waals surface area contributed by atoms with Crippen LogP contribution in [0.15, 0.2) is 29.2 Å². The van der Waals surface area contributed by atoms with E-state index in [4.69, 9.17) is 0 Å². The lowest BCUT2D eigenvalue weighted by Crippen LogP contribution is -2.41. The van der Waals surface area contributed by atoms with Gasteiger partial charge >= 0.3 is 0 Å². The molecule has 0 spiro atoms. The molecule has 6 heteroatoms. The van der Waals surface area contributed by atoms with Crippen molar-refractivity contribution in [1.29, 1.82) is 0 Å². The molecule has 2 aliphatic rings. The molecule has 0 bridgehead atoms. The first-order valence-corrected chi connectivity index (χ1v) is 10.5. The van der Waals surface area contributed by atoms with E-state index in [0.717, 1.165) is 19.4 Å². The Balaban J connectivity index is 1.55. The highest BCUT2D eigenvalue weighted by Gasteiger charge is 2.30. The molecule has 0 atom stereocenters. The van der Waals surface area contributed by atoms with E-state index >= 15 is 0 Å². The quantitative estimate of drug-likeness (QED) is 0.834. The summed E-state index contributed by atoms with van der Waals surface area (Å²) in [5, 5.41) is 0. The van der Waals surface area contributed by atoms with Gasteiger partial charge in [-0.3, -0.25) is 0 Å². The summed E-state index contributed by atoms with van der Waals surface area (Å²) in [4.78, 5) is 2.75. The first-order valence-electron chi connectivity index (χ1n) is 9.04. The van der Waals surface area contributed by atoms with Crippen LogP contribution in [0, 0.1) is 11.7 Å². The zero-order valence-electron chi connectivity index (χ0n) is 14.2. The Labute approximate surface area is 144 Å². The van der Waals surface area contributed by atoms with Crippen molar-refractivity contribution >= 4 is 10.0 Å². The molecular formula is C18H27FN2O2S. The second-order valence-electron chi connectivity index (χ2n) is 7.02. The van der Waals surface area contributed by atoms with Crippen molar-refractivity contribution in [3.05, 3.63) is 30.1 Å². The Morgan fingerprint density at radius 3 is 2.08 bits per heavy atom. The van der Waals surface area contributed by atoms with Crippen LogP contribution < -0.4 is 0 Å². The molecule has 0 N–H and O–H groups in total. The third kappa shape index (κ3) is 4.35. The van der Waals surface area contributed by atoms with E-state index in [1.807, 2.05) is 0 Å². The van der Waals surface area contributed by atoms with Gasteiger partial charge in [-0.15, -0.1) is 0 Å². The molecule has 134 valence electrons. The zero-order chi connectivity index (χ0) is 17.0. The first-order chi connectivity index (χ1) is 11.6. The third-order valence-electron chi connectivity index (χ3n) is 5.24. The van der Waals surface area contributed by atoms with Crippen LogP contribution in [0.25, 0.3) is 0 Å². The van der Waals surface area contributed by atoms with Crippen molar-refractivity contribution in [3.63, 3.8) is 0 Å². The number of hydrogen-bond donors (Lipinski definition) is 0. The second-order valence-corrected chi connectivity index (χ2v) is 8.95. The fourth-order valence-corrected chi connectivity index (χ4v) is 5.24. The molecule has 0 unspecified atom stereocenters. The second kappa shape index (κ2) is 7.93. The molecule has 1 aromatic rings. The summed E-state index contributed by atoms with van der Waals surface area (Å²) in [5.74, 6) is 0.174. The average molecular weight is 354 g/mol. The number of likely N-dealkylation sites (tertiary alicyclic amines) is 1. The van der Waals surface area contributed by atoms with Gasteiger partial charge in [-0.2, -0.15) is 4.31 Å². The minimum atomic E-state index is -3.49. The summed E-state index contributed by atoms with van der Waals surface area (Å²) >= 11 is 0. The summed E-state index contributed by atoms with van der Waals surface area (Å²) in [6.07, 6.45) is 7.08. The maximum Gasteiger partial charge on any atom is 0.243 e. The predicted molar refractivity (Wildman–Crippen MR) is 92.8 cm³/mol. The van der Waals surface area contributed by atoms with Crippen LogP contribution in [0.5, 0.6) is 0 Å². The topological polar surface area (TPSA) is 40.6 Å². The standard InChI is InChI=1S/C18H27FN2O2S/c19-17-5-7-18(8-6-17)24(22,23)21-13-9-16(10-14-21)15-20-11-3-1-2-4-12-20/h5-8,16H,1-4,9-15H2. The highest BCUT2D eigenvalue weighted by molar-refractivity contribution is 7.89. The summed E-state index contributed by atoms with van der Waals surface area (Å²) in [6.45, 7) is 4.61. The van der Waals surface area contributed by atoms with Crippen molar-refractivity contribution in [2.75, 3.05) is 32.7 Å². The molecule has 2 aliphatic heterocycles. The van der Waals surface area contributed by atoms with E-state index in [-0.39, 0.29) is 4.90 Å². The van der Waals surface area contributed by atoms with Gasteiger partial charge in [-0.25, -0.2) is 12.8 Å². The van der Waals surface area contributed by atoms with E-state index in [2.05, 4.69) is 4.90 Å². The SMILES string of the molecule is O=S(=O)(c1ccc(F)cc1)N1CCC(CN2CCCCCC2)CC1. The average Bonchev–Trinajstić information content (AvgIpc) is 2.84. The van der Waals surface area contributed by atoms with Gasteiger partial charge < -0.3 is 4.90 Å². The molecule has 2 saturated heterocycles. The van der Waals surface area contributed by atoms with E-state index in [9.17, 15) is 12.8 Å². The molecule has 0 amide bonds. The number of halogens is 1. The van der Waals surface area contributed by atoms with Gasteiger partial charge in [0.05, 0.1) is 4.90 Å². The van der Waals surface area contributed by atoms with Crippen molar-refractivity contribution in [3.8, 4) is 0 Å². The Morgan fingerprint density at radius 1 is 0.917 bits per heavy atom. The van der Waals surface area contributed by atoms with Gasteiger partial charge in [-0.05, 0) is 69.0 Å². The normalized spacial score (nSPS) is 22.4. The van der Waals surface area contributed by atoms with Crippen LogP contribution in [0.3, 0.4) is 0 Å². The molecule has 1 aromatic carbocycles. The molecule has 2 heterocycles. The van der Waals surface area contributed by atoms with Gasteiger partial charge in [0.15, 0.2) is 0 Å². The van der Waals surface area contributed by atoms with Crippen LogP contribution >= 0.6 is 0 Å². The maximum atomic E-state index is 13.0. The smallest absolute Gasteiger partial charge is 0.243 e. The zero-order valence-corrected chi connectivity index (χ0v) is 15.0. The van der Waals surface area contributed by atoms with E-state index in [0.29, 0.717) is 19.0 Å². The highest BCUT2D eigenvalue weighted by atomic mass is 32.2. The predicted octanol–water partition coefficient (Wildman–Crippen LogP) is 3.10. The molecule has 0 aromatic heterocycles. The monoisotopic (exact) mass is 354 g/mol. The first kappa shape index (κ1) is 17.8. The molecule has 0 saturated carbocycles. The van der Waals surface area contributed by atoms with Crippen LogP contribution in [0.2, 0.25) is 0 Å². The number of nitrogens with zero attached hydrogens (tertiary/aromatic N) is 2. The summed E-state index contributed by atoms with van der Waals surface area (Å²) in [6, 6.07) is 5.12. The maximum absolute atomic E-state index is 13.0. The van der Waals surface area contributed by atoms with Crippen molar-refractivity contribution in [2.45, 2.75) is 43.4 Å². The minimum Gasteiger partial charge on any atom is -0.303 e. The summed E-state index contributed by atoms with van der Waals surface area (Å²) < 4.78 is 39.8. The summed E-state index contributed by atoms with van der Waals surface area (Å²) in [7, 11) is -3.49. The van der Waals surface area contributed by atoms with E-state index in [1.165, 1.54) is 63.0 Å². The Bertz CT molecular complexity index is 617. The lowest BCUT2D eigenvalue weighted by molar-refractivity contribution is 0.186. The molecule has 24 heavy (non-hydrogen) atoms. The van der Waals surface area contributed by atoms with Crippen molar-refractivity contribution < 1.29 is 12.8 Å². The highest BCUT2D eigenvalue weighted by Crippen LogP contribution is 2.25. The number of hydrogen-bond acceptors (Lipinski definition) is 3. The third-order valence-corrected chi connectivity index (χ3v) is 7.15. The van der Waals surface area contributed by atoms with Gasteiger partial charge in [-0.1, -0.05) is 12.8 Å². The lowest BCUT2D eigenvalue weighted by Gasteiger charge is -2.34. The molecule has 3 rings (SSSR count). The van der Waals surface area contributed by atoms with Crippen LogP contribution in [-0.2, 0) is 10.0 Å². The number of sulfonamides is 1. The van der Waals surface area contributed by atoms with E-state index in [1.54, 1.807) is 4.31 Å². The van der Waals surface area contributed by atoms with Crippen LogP contribution in [0.1, 0.15) is 38.5 Å². The van der Waals surface area contributed by atoms with Gasteiger partial charge in [0.25, 0.3) is 0 Å². The Morgan fingerprint density at radius 2 is 1.50 bits per heavy atom. The summed E-state index contributed by atoms with van der Waals surface area (Å²) in [5.41, 5.74) is 0. The molecule has 0 radical (unpaired) electrons. The Hall–Kier alpha value is -0.980. The van der Waals surface area contributed by atoms with Gasteiger partial charge in [0.1, 0.15) is 5.82 Å². The molecule has 4 nitrogen and oxygen atoms in total. The number of piperidine rings is 1. The van der Waals surface area contributed by atoms with Gasteiger partial charge in [0, 0.05) is 19.6 Å². The molecule has 0 aliphatic carbocycles. The van der Waals surface area contributed by atoms with E-state index < -0.39 is 15.8 Å².